The molecule has 1 saturated heterocycles. The summed E-state index contributed by atoms with van der Waals surface area (Å²) >= 11 is 0. The molecule has 0 aliphatic carbocycles. The predicted molar refractivity (Wildman–Crippen MR) is 97.5 cm³/mol. The monoisotopic (exact) mass is 375 g/mol. The lowest BCUT2D eigenvalue weighted by atomic mass is 10.2. The maximum Gasteiger partial charge on any atom is 0.256 e. The molecule has 1 aromatic heterocycles. The first-order chi connectivity index (χ1) is 12.5. The number of hydrogen-bond acceptors (Lipinski definition) is 5. The van der Waals surface area contributed by atoms with Gasteiger partial charge in [-0.1, -0.05) is 12.8 Å². The average molecular weight is 375 g/mol. The zero-order valence-corrected chi connectivity index (χ0v) is 15.1. The van der Waals surface area contributed by atoms with Crippen LogP contribution in [0.2, 0.25) is 0 Å². The molecule has 1 aliphatic rings. The molecule has 1 fully saturated rings. The van der Waals surface area contributed by atoms with Gasteiger partial charge in [0, 0.05) is 24.8 Å². The van der Waals surface area contributed by atoms with Crippen molar-refractivity contribution in [3.05, 3.63) is 48.2 Å². The fourth-order valence-corrected chi connectivity index (χ4v) is 4.40. The minimum Gasteiger partial charge on any atom is -0.504 e. The second-order valence-corrected chi connectivity index (χ2v) is 8.11. The highest BCUT2D eigenvalue weighted by molar-refractivity contribution is 7.89. The number of rotatable bonds is 4. The van der Waals surface area contributed by atoms with E-state index in [0.717, 1.165) is 25.7 Å². The Hall–Kier alpha value is -2.45. The molecule has 1 aromatic carbocycles. The summed E-state index contributed by atoms with van der Waals surface area (Å²) in [5, 5.41) is 12.2. The fraction of sp³-hybridized carbons (Fsp3) is 0.333. The summed E-state index contributed by atoms with van der Waals surface area (Å²) in [5.41, 5.74) is 0.282. The minimum atomic E-state index is -3.54. The minimum absolute atomic E-state index is 0.0544. The largest absolute Gasteiger partial charge is 0.504 e. The third kappa shape index (κ3) is 4.03. The van der Waals surface area contributed by atoms with Gasteiger partial charge < -0.3 is 10.4 Å². The van der Waals surface area contributed by atoms with E-state index in [1.54, 1.807) is 6.07 Å². The van der Waals surface area contributed by atoms with E-state index in [1.165, 1.54) is 40.8 Å². The van der Waals surface area contributed by atoms with E-state index in [9.17, 15) is 18.3 Å². The summed E-state index contributed by atoms with van der Waals surface area (Å²) in [4.78, 5) is 16.3. The summed E-state index contributed by atoms with van der Waals surface area (Å²) < 4.78 is 27.0. The van der Waals surface area contributed by atoms with Crippen molar-refractivity contribution in [1.29, 1.82) is 0 Å². The standard InChI is InChI=1S/C18H21N3O4S/c22-16-6-5-11-19-17(16)20-18(23)14-7-9-15(10-8-14)26(24,25)21-12-3-1-2-4-13-21/h5-11,22H,1-4,12-13H2,(H,19,20,23). The van der Waals surface area contributed by atoms with Crippen LogP contribution in [-0.4, -0.2) is 41.8 Å². The molecule has 0 unspecified atom stereocenters. The van der Waals surface area contributed by atoms with Crippen LogP contribution in [0.3, 0.4) is 0 Å². The third-order valence-electron chi connectivity index (χ3n) is 4.34. The summed E-state index contributed by atoms with van der Waals surface area (Å²) in [6.07, 6.45) is 5.28. The normalized spacial score (nSPS) is 16.0. The van der Waals surface area contributed by atoms with Crippen LogP contribution in [0.5, 0.6) is 5.75 Å². The number of aromatic nitrogens is 1. The van der Waals surface area contributed by atoms with Crippen molar-refractivity contribution < 1.29 is 18.3 Å². The molecular formula is C18H21N3O4S. The molecule has 8 heteroatoms. The Morgan fingerprint density at radius 3 is 2.31 bits per heavy atom. The Kier molecular flexibility index (Phi) is 5.53. The lowest BCUT2D eigenvalue weighted by molar-refractivity contribution is 0.102. The van der Waals surface area contributed by atoms with Crippen molar-refractivity contribution in [3.63, 3.8) is 0 Å². The lowest BCUT2D eigenvalue weighted by Crippen LogP contribution is -2.31. The van der Waals surface area contributed by atoms with E-state index in [0.29, 0.717) is 13.1 Å². The maximum atomic E-state index is 12.7. The SMILES string of the molecule is O=C(Nc1ncccc1O)c1ccc(S(=O)(=O)N2CCCCCC2)cc1. The van der Waals surface area contributed by atoms with Crippen LogP contribution in [0.25, 0.3) is 0 Å². The van der Waals surface area contributed by atoms with Gasteiger partial charge in [-0.15, -0.1) is 0 Å². The molecule has 0 bridgehead atoms. The summed E-state index contributed by atoms with van der Waals surface area (Å²) in [7, 11) is -3.54. The highest BCUT2D eigenvalue weighted by atomic mass is 32.2. The highest BCUT2D eigenvalue weighted by Crippen LogP contribution is 2.22. The lowest BCUT2D eigenvalue weighted by Gasteiger charge is -2.20. The molecular weight excluding hydrogens is 354 g/mol. The van der Waals surface area contributed by atoms with Crippen LogP contribution in [-0.2, 0) is 10.0 Å². The second-order valence-electron chi connectivity index (χ2n) is 6.17. The van der Waals surface area contributed by atoms with Gasteiger partial charge in [0.25, 0.3) is 5.91 Å². The van der Waals surface area contributed by atoms with Gasteiger partial charge in [-0.2, -0.15) is 4.31 Å². The number of anilines is 1. The molecule has 2 N–H and O–H groups in total. The van der Waals surface area contributed by atoms with Crippen LogP contribution >= 0.6 is 0 Å². The number of nitrogens with zero attached hydrogens (tertiary/aromatic N) is 2. The van der Waals surface area contributed by atoms with Crippen LogP contribution in [0.4, 0.5) is 5.82 Å². The molecule has 3 rings (SSSR count). The Bertz CT molecular complexity index is 874. The zero-order valence-electron chi connectivity index (χ0n) is 14.3. The van der Waals surface area contributed by atoms with Gasteiger partial charge in [-0.05, 0) is 49.2 Å². The number of pyridine rings is 1. The number of aromatic hydroxyl groups is 1. The topological polar surface area (TPSA) is 99.6 Å². The number of amides is 1. The third-order valence-corrected chi connectivity index (χ3v) is 6.25. The number of sulfonamides is 1. The second kappa shape index (κ2) is 7.84. The van der Waals surface area contributed by atoms with Crippen LogP contribution < -0.4 is 5.32 Å². The highest BCUT2D eigenvalue weighted by Gasteiger charge is 2.25. The van der Waals surface area contributed by atoms with Gasteiger partial charge in [0.05, 0.1) is 4.90 Å². The summed E-state index contributed by atoms with van der Waals surface area (Å²) in [6.45, 7) is 1.06. The van der Waals surface area contributed by atoms with Crippen molar-refractivity contribution in [1.82, 2.24) is 9.29 Å². The first-order valence-electron chi connectivity index (χ1n) is 8.54. The van der Waals surface area contributed by atoms with E-state index in [-0.39, 0.29) is 22.0 Å². The molecule has 7 nitrogen and oxygen atoms in total. The number of hydrogen-bond donors (Lipinski definition) is 2. The van der Waals surface area contributed by atoms with Gasteiger partial charge in [0.1, 0.15) is 0 Å². The Labute approximate surface area is 152 Å². The van der Waals surface area contributed by atoms with E-state index in [2.05, 4.69) is 10.3 Å². The molecule has 0 atom stereocenters. The van der Waals surface area contributed by atoms with Gasteiger partial charge in [-0.25, -0.2) is 13.4 Å². The van der Waals surface area contributed by atoms with Crippen LogP contribution in [0, 0.1) is 0 Å². The Morgan fingerprint density at radius 2 is 1.69 bits per heavy atom. The maximum absolute atomic E-state index is 12.7. The summed E-state index contributed by atoms with van der Waals surface area (Å²) in [6, 6.07) is 8.76. The first-order valence-corrected chi connectivity index (χ1v) is 9.98. The summed E-state index contributed by atoms with van der Waals surface area (Å²) in [5.74, 6) is -0.558. The molecule has 0 spiro atoms. The first kappa shape index (κ1) is 18.3. The molecule has 1 amide bonds. The van der Waals surface area contributed by atoms with Crippen molar-refractivity contribution >= 4 is 21.7 Å². The number of nitrogens with one attached hydrogen (secondary N) is 1. The van der Waals surface area contributed by atoms with Gasteiger partial charge in [0.15, 0.2) is 11.6 Å². The Balaban J connectivity index is 1.75. The van der Waals surface area contributed by atoms with Crippen LogP contribution in [0.15, 0.2) is 47.5 Å². The van der Waals surface area contributed by atoms with E-state index < -0.39 is 15.9 Å². The molecule has 0 radical (unpaired) electrons. The molecule has 2 heterocycles. The van der Waals surface area contributed by atoms with Gasteiger partial charge in [0.2, 0.25) is 10.0 Å². The van der Waals surface area contributed by atoms with Gasteiger partial charge in [-0.3, -0.25) is 4.79 Å². The van der Waals surface area contributed by atoms with Crippen molar-refractivity contribution in [2.24, 2.45) is 0 Å². The molecule has 138 valence electrons. The van der Waals surface area contributed by atoms with Crippen molar-refractivity contribution in [2.45, 2.75) is 30.6 Å². The molecule has 1 aliphatic heterocycles. The zero-order chi connectivity index (χ0) is 18.6. The number of carbonyl (C=O) groups is 1. The van der Waals surface area contributed by atoms with Crippen LogP contribution in [0.1, 0.15) is 36.0 Å². The van der Waals surface area contributed by atoms with Gasteiger partial charge >= 0.3 is 0 Å². The quantitative estimate of drug-likeness (QED) is 0.856. The predicted octanol–water partition coefficient (Wildman–Crippen LogP) is 2.60. The molecule has 2 aromatic rings. The number of benzene rings is 1. The van der Waals surface area contributed by atoms with Crippen molar-refractivity contribution in [2.75, 3.05) is 18.4 Å². The smallest absolute Gasteiger partial charge is 0.256 e. The van der Waals surface area contributed by atoms with Crippen molar-refractivity contribution in [3.8, 4) is 5.75 Å². The molecule has 26 heavy (non-hydrogen) atoms. The fourth-order valence-electron chi connectivity index (χ4n) is 2.88. The van der Waals surface area contributed by atoms with E-state index in [1.807, 2.05) is 0 Å². The number of carbonyl (C=O) groups excluding carboxylic acids is 1. The van der Waals surface area contributed by atoms with E-state index >= 15 is 0 Å². The van der Waals surface area contributed by atoms with E-state index in [4.69, 9.17) is 0 Å². The average Bonchev–Trinajstić information content (AvgIpc) is 2.94. The Morgan fingerprint density at radius 1 is 1.04 bits per heavy atom. The molecule has 0 saturated carbocycles.